The Kier molecular flexibility index (Phi) is 5.89. The van der Waals surface area contributed by atoms with Crippen molar-refractivity contribution in [3.05, 3.63) is 59.9 Å². The SMILES string of the molecule is COc1cccc(C(O)CN2CCC(Nc3ccccc3F)CC2)c1. The number of methoxy groups -OCH3 is 1. The van der Waals surface area contributed by atoms with Crippen molar-refractivity contribution in [2.24, 2.45) is 0 Å². The summed E-state index contributed by atoms with van der Waals surface area (Å²) in [6.07, 6.45) is 1.32. The second-order valence-corrected chi connectivity index (χ2v) is 6.49. The molecule has 1 unspecified atom stereocenters. The van der Waals surface area contributed by atoms with Crippen molar-refractivity contribution in [1.29, 1.82) is 0 Å². The highest BCUT2D eigenvalue weighted by Crippen LogP contribution is 2.23. The quantitative estimate of drug-likeness (QED) is 0.843. The molecule has 1 heterocycles. The van der Waals surface area contributed by atoms with Gasteiger partial charge in [-0.2, -0.15) is 0 Å². The van der Waals surface area contributed by atoms with E-state index < -0.39 is 6.10 Å². The molecule has 0 aromatic heterocycles. The lowest BCUT2D eigenvalue weighted by Gasteiger charge is -2.34. The van der Waals surface area contributed by atoms with Gasteiger partial charge in [-0.25, -0.2) is 4.39 Å². The van der Waals surface area contributed by atoms with Gasteiger partial charge in [-0.05, 0) is 42.7 Å². The van der Waals surface area contributed by atoms with Crippen LogP contribution in [0.4, 0.5) is 10.1 Å². The number of aliphatic hydroxyl groups excluding tert-OH is 1. The number of rotatable bonds is 6. The van der Waals surface area contributed by atoms with Crippen molar-refractivity contribution in [3.8, 4) is 5.75 Å². The average Bonchev–Trinajstić information content (AvgIpc) is 2.65. The van der Waals surface area contributed by atoms with Crippen LogP contribution in [0.25, 0.3) is 0 Å². The molecule has 0 amide bonds. The smallest absolute Gasteiger partial charge is 0.146 e. The third-order valence-electron chi connectivity index (χ3n) is 4.73. The van der Waals surface area contributed by atoms with Gasteiger partial charge in [0.1, 0.15) is 11.6 Å². The third kappa shape index (κ3) is 4.71. The highest BCUT2D eigenvalue weighted by atomic mass is 19.1. The molecular weight excluding hydrogens is 319 g/mol. The highest BCUT2D eigenvalue weighted by Gasteiger charge is 2.22. The van der Waals surface area contributed by atoms with Crippen LogP contribution in [0.3, 0.4) is 0 Å². The summed E-state index contributed by atoms with van der Waals surface area (Å²) in [6.45, 7) is 2.36. The minimum absolute atomic E-state index is 0.210. The minimum atomic E-state index is -0.536. The Bertz CT molecular complexity index is 687. The standard InChI is InChI=1S/C20H25FN2O2/c1-25-17-6-4-5-15(13-17)20(24)14-23-11-9-16(10-12-23)22-19-8-3-2-7-18(19)21/h2-8,13,16,20,22,24H,9-12,14H2,1H3. The van der Waals surface area contributed by atoms with Gasteiger partial charge in [0.25, 0.3) is 0 Å². The lowest BCUT2D eigenvalue weighted by Crippen LogP contribution is -2.41. The molecule has 0 bridgehead atoms. The van der Waals surface area contributed by atoms with E-state index in [9.17, 15) is 9.50 Å². The maximum Gasteiger partial charge on any atom is 0.146 e. The Hall–Kier alpha value is -2.11. The van der Waals surface area contributed by atoms with Crippen LogP contribution < -0.4 is 10.1 Å². The van der Waals surface area contributed by atoms with Gasteiger partial charge in [0.05, 0.1) is 18.9 Å². The van der Waals surface area contributed by atoms with Crippen molar-refractivity contribution in [2.45, 2.75) is 25.0 Å². The van der Waals surface area contributed by atoms with Crippen LogP contribution in [0.1, 0.15) is 24.5 Å². The molecule has 5 heteroatoms. The van der Waals surface area contributed by atoms with E-state index in [1.807, 2.05) is 30.3 Å². The maximum absolute atomic E-state index is 13.7. The fourth-order valence-corrected chi connectivity index (χ4v) is 3.26. The third-order valence-corrected chi connectivity index (χ3v) is 4.73. The first kappa shape index (κ1) is 17.7. The van der Waals surface area contributed by atoms with Crippen LogP contribution in [-0.4, -0.2) is 42.8 Å². The maximum atomic E-state index is 13.7. The van der Waals surface area contributed by atoms with Gasteiger partial charge in [0.2, 0.25) is 0 Å². The Morgan fingerprint density at radius 1 is 1.20 bits per heavy atom. The van der Waals surface area contributed by atoms with Gasteiger partial charge in [0.15, 0.2) is 0 Å². The van der Waals surface area contributed by atoms with Crippen molar-refractivity contribution >= 4 is 5.69 Å². The number of nitrogens with one attached hydrogen (secondary N) is 1. The summed E-state index contributed by atoms with van der Waals surface area (Å²) in [6, 6.07) is 14.6. The summed E-state index contributed by atoms with van der Waals surface area (Å²) in [7, 11) is 1.62. The molecule has 1 fully saturated rings. The second kappa shape index (κ2) is 8.32. The summed E-state index contributed by atoms with van der Waals surface area (Å²) in [4.78, 5) is 2.25. The Morgan fingerprint density at radius 2 is 1.96 bits per heavy atom. The van der Waals surface area contributed by atoms with Crippen LogP contribution in [0.2, 0.25) is 0 Å². The number of halogens is 1. The summed E-state index contributed by atoms with van der Waals surface area (Å²) < 4.78 is 18.9. The van der Waals surface area contributed by atoms with E-state index in [0.29, 0.717) is 12.2 Å². The number of hydrogen-bond donors (Lipinski definition) is 2. The lowest BCUT2D eigenvalue weighted by molar-refractivity contribution is 0.0989. The second-order valence-electron chi connectivity index (χ2n) is 6.49. The van der Waals surface area contributed by atoms with E-state index in [1.165, 1.54) is 6.07 Å². The number of ether oxygens (including phenoxy) is 1. The number of para-hydroxylation sites is 1. The zero-order chi connectivity index (χ0) is 17.6. The van der Waals surface area contributed by atoms with Crippen molar-refractivity contribution < 1.29 is 14.2 Å². The molecule has 134 valence electrons. The number of hydrogen-bond acceptors (Lipinski definition) is 4. The topological polar surface area (TPSA) is 44.7 Å². The zero-order valence-corrected chi connectivity index (χ0v) is 14.5. The summed E-state index contributed by atoms with van der Waals surface area (Å²) in [5.74, 6) is 0.544. The summed E-state index contributed by atoms with van der Waals surface area (Å²) in [5.41, 5.74) is 1.43. The molecule has 3 rings (SSSR count). The minimum Gasteiger partial charge on any atom is -0.497 e. The van der Waals surface area contributed by atoms with Crippen LogP contribution in [-0.2, 0) is 0 Å². The molecule has 1 saturated heterocycles. The Morgan fingerprint density at radius 3 is 2.68 bits per heavy atom. The number of anilines is 1. The summed E-state index contributed by atoms with van der Waals surface area (Å²) in [5, 5.41) is 13.8. The molecule has 1 aliphatic rings. The molecule has 2 aromatic rings. The van der Waals surface area contributed by atoms with Crippen LogP contribution in [0.5, 0.6) is 5.75 Å². The molecular formula is C20H25FN2O2. The van der Waals surface area contributed by atoms with Crippen molar-refractivity contribution in [2.75, 3.05) is 32.1 Å². The van der Waals surface area contributed by atoms with Gasteiger partial charge < -0.3 is 20.1 Å². The van der Waals surface area contributed by atoms with Crippen LogP contribution in [0, 0.1) is 5.82 Å². The monoisotopic (exact) mass is 344 g/mol. The van der Waals surface area contributed by atoms with E-state index in [0.717, 1.165) is 37.2 Å². The molecule has 0 radical (unpaired) electrons. The highest BCUT2D eigenvalue weighted by molar-refractivity contribution is 5.45. The summed E-state index contributed by atoms with van der Waals surface area (Å²) >= 11 is 0. The normalized spacial score (nSPS) is 17.2. The van der Waals surface area contributed by atoms with Crippen LogP contribution >= 0.6 is 0 Å². The van der Waals surface area contributed by atoms with Gasteiger partial charge in [-0.1, -0.05) is 24.3 Å². The van der Waals surface area contributed by atoms with Gasteiger partial charge in [-0.3, -0.25) is 0 Å². The Labute approximate surface area is 148 Å². The number of likely N-dealkylation sites (tertiary alicyclic amines) is 1. The van der Waals surface area contributed by atoms with E-state index in [2.05, 4.69) is 10.2 Å². The fourth-order valence-electron chi connectivity index (χ4n) is 3.26. The molecule has 0 aliphatic carbocycles. The number of β-amino-alcohol motifs (C(OH)–C–C–N with tert-alkyl or cyclic N) is 1. The van der Waals surface area contributed by atoms with Crippen molar-refractivity contribution in [3.63, 3.8) is 0 Å². The fraction of sp³-hybridized carbons (Fsp3) is 0.400. The average molecular weight is 344 g/mol. The van der Waals surface area contributed by atoms with Crippen LogP contribution in [0.15, 0.2) is 48.5 Å². The number of nitrogens with zero attached hydrogens (tertiary/aromatic N) is 1. The molecule has 2 N–H and O–H groups in total. The first-order valence-corrected chi connectivity index (χ1v) is 8.71. The van der Waals surface area contributed by atoms with E-state index in [1.54, 1.807) is 19.2 Å². The predicted octanol–water partition coefficient (Wildman–Crippen LogP) is 3.44. The molecule has 4 nitrogen and oxygen atoms in total. The molecule has 1 atom stereocenters. The van der Waals surface area contributed by atoms with Gasteiger partial charge >= 0.3 is 0 Å². The van der Waals surface area contributed by atoms with Crippen molar-refractivity contribution in [1.82, 2.24) is 4.90 Å². The molecule has 25 heavy (non-hydrogen) atoms. The van der Waals surface area contributed by atoms with E-state index >= 15 is 0 Å². The molecule has 2 aromatic carbocycles. The Balaban J connectivity index is 1.49. The predicted molar refractivity (Wildman–Crippen MR) is 97.4 cm³/mol. The first-order valence-electron chi connectivity index (χ1n) is 8.71. The van der Waals surface area contributed by atoms with E-state index in [4.69, 9.17) is 4.74 Å². The van der Waals surface area contributed by atoms with Gasteiger partial charge in [0, 0.05) is 25.7 Å². The lowest BCUT2D eigenvalue weighted by atomic mass is 10.0. The first-order chi connectivity index (χ1) is 12.2. The molecule has 1 aliphatic heterocycles. The number of benzene rings is 2. The number of aliphatic hydroxyl groups is 1. The molecule has 0 spiro atoms. The van der Waals surface area contributed by atoms with Gasteiger partial charge in [-0.15, -0.1) is 0 Å². The zero-order valence-electron chi connectivity index (χ0n) is 14.5. The largest absolute Gasteiger partial charge is 0.497 e. The number of piperidine rings is 1. The van der Waals surface area contributed by atoms with E-state index in [-0.39, 0.29) is 11.9 Å². The molecule has 0 saturated carbocycles.